The SMILES string of the molecule is CNC(=O)[C@H](CC(C)C)NC(=O)C(CC(C)C)CP(=O)(O)CN1C(=O)C[C@H](NC(=O)OCc2ccccc2)C1=O. The highest BCUT2D eigenvalue weighted by Crippen LogP contribution is 2.45. The second-order valence-electron chi connectivity index (χ2n) is 10.9. The molecule has 2 unspecified atom stereocenters. The van der Waals surface area contributed by atoms with Crippen molar-refractivity contribution in [2.24, 2.45) is 17.8 Å². The monoisotopic (exact) mass is 580 g/mol. The van der Waals surface area contributed by atoms with Gasteiger partial charge in [-0.2, -0.15) is 0 Å². The summed E-state index contributed by atoms with van der Waals surface area (Å²) < 4.78 is 18.3. The van der Waals surface area contributed by atoms with E-state index in [1.165, 1.54) is 7.05 Å². The van der Waals surface area contributed by atoms with Crippen LogP contribution in [0.1, 0.15) is 52.5 Å². The highest BCUT2D eigenvalue weighted by atomic mass is 31.2. The first kappa shape index (κ1) is 33.0. The lowest BCUT2D eigenvalue weighted by Crippen LogP contribution is -2.49. The number of hydrogen-bond donors (Lipinski definition) is 4. The van der Waals surface area contributed by atoms with Crippen LogP contribution in [-0.4, -0.2) is 71.1 Å². The lowest BCUT2D eigenvalue weighted by atomic mass is 9.96. The van der Waals surface area contributed by atoms with Crippen molar-refractivity contribution in [3.63, 3.8) is 0 Å². The molecule has 40 heavy (non-hydrogen) atoms. The van der Waals surface area contributed by atoms with Gasteiger partial charge < -0.3 is 25.6 Å². The molecule has 4 N–H and O–H groups in total. The third kappa shape index (κ3) is 10.4. The van der Waals surface area contributed by atoms with Gasteiger partial charge in [-0.1, -0.05) is 58.0 Å². The second-order valence-corrected chi connectivity index (χ2v) is 13.3. The maximum atomic E-state index is 13.2. The molecular formula is C27H41N4O8P. The topological polar surface area (TPSA) is 171 Å². The van der Waals surface area contributed by atoms with Crippen LogP contribution in [0.4, 0.5) is 4.79 Å². The molecule has 0 aliphatic carbocycles. The Bertz CT molecular complexity index is 1110. The summed E-state index contributed by atoms with van der Waals surface area (Å²) in [6.07, 6.45) is -1.89. The van der Waals surface area contributed by atoms with Crippen LogP contribution in [-0.2, 0) is 35.1 Å². The Morgan fingerprint density at radius 2 is 1.68 bits per heavy atom. The smallest absolute Gasteiger partial charge is 0.408 e. The van der Waals surface area contributed by atoms with Gasteiger partial charge in [-0.3, -0.25) is 28.6 Å². The van der Waals surface area contributed by atoms with Crippen LogP contribution in [0.15, 0.2) is 30.3 Å². The quantitative estimate of drug-likeness (QED) is 0.192. The normalized spacial score (nSPS) is 18.3. The van der Waals surface area contributed by atoms with Crippen molar-refractivity contribution in [1.29, 1.82) is 0 Å². The van der Waals surface area contributed by atoms with Crippen molar-refractivity contribution in [2.75, 3.05) is 19.5 Å². The van der Waals surface area contributed by atoms with Gasteiger partial charge in [0.15, 0.2) is 0 Å². The van der Waals surface area contributed by atoms with Gasteiger partial charge in [-0.15, -0.1) is 0 Å². The first-order chi connectivity index (χ1) is 18.7. The van der Waals surface area contributed by atoms with Gasteiger partial charge in [-0.25, -0.2) is 4.79 Å². The fraction of sp³-hybridized carbons (Fsp3) is 0.593. The van der Waals surface area contributed by atoms with Gasteiger partial charge in [0, 0.05) is 19.1 Å². The van der Waals surface area contributed by atoms with Crippen LogP contribution in [0.5, 0.6) is 0 Å². The minimum atomic E-state index is -4.22. The molecule has 222 valence electrons. The molecule has 5 amide bonds. The van der Waals surface area contributed by atoms with Gasteiger partial charge >= 0.3 is 6.09 Å². The number of imide groups is 1. The third-order valence-electron chi connectivity index (χ3n) is 6.33. The number of carbonyl (C=O) groups is 5. The minimum absolute atomic E-state index is 0.00942. The summed E-state index contributed by atoms with van der Waals surface area (Å²) in [5.41, 5.74) is 0.736. The number of nitrogens with one attached hydrogen (secondary N) is 3. The van der Waals surface area contributed by atoms with Crippen LogP contribution in [0.25, 0.3) is 0 Å². The number of benzene rings is 1. The third-order valence-corrected chi connectivity index (χ3v) is 8.07. The van der Waals surface area contributed by atoms with Crippen LogP contribution < -0.4 is 16.0 Å². The predicted molar refractivity (Wildman–Crippen MR) is 148 cm³/mol. The number of hydrogen-bond acceptors (Lipinski definition) is 7. The number of likely N-dealkylation sites (tertiary alicyclic amines) is 1. The van der Waals surface area contributed by atoms with Crippen LogP contribution in [0, 0.1) is 17.8 Å². The molecule has 1 fully saturated rings. The zero-order chi connectivity index (χ0) is 30.0. The predicted octanol–water partition coefficient (Wildman–Crippen LogP) is 2.21. The molecule has 1 aliphatic rings. The number of rotatable bonds is 14. The van der Waals surface area contributed by atoms with E-state index >= 15 is 0 Å². The molecule has 1 aromatic carbocycles. The Kier molecular flexibility index (Phi) is 12.3. The second kappa shape index (κ2) is 14.9. The Morgan fingerprint density at radius 1 is 1.05 bits per heavy atom. The molecule has 0 radical (unpaired) electrons. The van der Waals surface area contributed by atoms with Gasteiger partial charge in [0.2, 0.25) is 25.1 Å². The van der Waals surface area contributed by atoms with E-state index in [-0.39, 0.29) is 37.2 Å². The maximum absolute atomic E-state index is 13.2. The van der Waals surface area contributed by atoms with Crippen molar-refractivity contribution in [3.8, 4) is 0 Å². The van der Waals surface area contributed by atoms with E-state index < -0.39 is 61.6 Å². The molecule has 0 bridgehead atoms. The fourth-order valence-electron chi connectivity index (χ4n) is 4.47. The Morgan fingerprint density at radius 3 is 2.25 bits per heavy atom. The summed E-state index contributed by atoms with van der Waals surface area (Å²) in [5, 5.41) is 7.55. The number of nitrogens with zero attached hydrogens (tertiary/aromatic N) is 1. The van der Waals surface area contributed by atoms with Crippen molar-refractivity contribution >= 4 is 37.1 Å². The number of carbonyl (C=O) groups excluding carboxylic acids is 5. The molecule has 0 saturated carbocycles. The van der Waals surface area contributed by atoms with Crippen LogP contribution >= 0.6 is 7.37 Å². The molecular weight excluding hydrogens is 539 g/mol. The zero-order valence-electron chi connectivity index (χ0n) is 23.7. The minimum Gasteiger partial charge on any atom is -0.445 e. The van der Waals surface area contributed by atoms with E-state index in [9.17, 15) is 33.4 Å². The molecule has 1 heterocycles. The molecule has 12 nitrogen and oxygen atoms in total. The van der Waals surface area contributed by atoms with E-state index in [0.29, 0.717) is 11.3 Å². The van der Waals surface area contributed by atoms with Gasteiger partial charge in [0.1, 0.15) is 25.0 Å². The highest BCUT2D eigenvalue weighted by Gasteiger charge is 2.43. The Hall–Kier alpha value is -3.24. The Labute approximate surface area is 235 Å². The van der Waals surface area contributed by atoms with Crippen LogP contribution in [0.3, 0.4) is 0 Å². The zero-order valence-corrected chi connectivity index (χ0v) is 24.6. The van der Waals surface area contributed by atoms with Crippen LogP contribution in [0.2, 0.25) is 0 Å². The van der Waals surface area contributed by atoms with Crippen molar-refractivity contribution in [1.82, 2.24) is 20.9 Å². The summed E-state index contributed by atoms with van der Waals surface area (Å²) in [4.78, 5) is 74.4. The Balaban J connectivity index is 2.03. The molecule has 13 heteroatoms. The molecule has 4 atom stereocenters. The summed E-state index contributed by atoms with van der Waals surface area (Å²) in [7, 11) is -2.76. The summed E-state index contributed by atoms with van der Waals surface area (Å²) >= 11 is 0. The van der Waals surface area contributed by atoms with Gasteiger partial charge in [0.25, 0.3) is 5.91 Å². The van der Waals surface area contributed by atoms with E-state index in [4.69, 9.17) is 4.74 Å². The molecule has 1 aromatic rings. The highest BCUT2D eigenvalue weighted by molar-refractivity contribution is 7.58. The average Bonchev–Trinajstić information content (AvgIpc) is 3.12. The summed E-state index contributed by atoms with van der Waals surface area (Å²) in [6.45, 7) is 7.49. The maximum Gasteiger partial charge on any atom is 0.408 e. The van der Waals surface area contributed by atoms with E-state index in [2.05, 4.69) is 16.0 Å². The van der Waals surface area contributed by atoms with E-state index in [1.54, 1.807) is 24.3 Å². The number of likely N-dealkylation sites (N-methyl/N-ethyl adjacent to an activating group) is 1. The number of amides is 5. The average molecular weight is 581 g/mol. The lowest BCUT2D eigenvalue weighted by Gasteiger charge is -2.26. The number of ether oxygens (including phenoxy) is 1. The fourth-order valence-corrected chi connectivity index (χ4v) is 6.33. The van der Waals surface area contributed by atoms with Crippen molar-refractivity contribution in [2.45, 2.75) is 65.6 Å². The molecule has 2 rings (SSSR count). The summed E-state index contributed by atoms with van der Waals surface area (Å²) in [5.74, 6) is -3.27. The first-order valence-corrected chi connectivity index (χ1v) is 15.4. The first-order valence-electron chi connectivity index (χ1n) is 13.4. The lowest BCUT2D eigenvalue weighted by molar-refractivity contribution is -0.138. The molecule has 1 aliphatic heterocycles. The number of alkyl carbamates (subject to hydrolysis) is 1. The van der Waals surface area contributed by atoms with Gasteiger partial charge in [-0.05, 0) is 30.2 Å². The molecule has 1 saturated heterocycles. The largest absolute Gasteiger partial charge is 0.445 e. The summed E-state index contributed by atoms with van der Waals surface area (Å²) in [6, 6.07) is 6.86. The molecule has 0 spiro atoms. The van der Waals surface area contributed by atoms with Crippen molar-refractivity contribution in [3.05, 3.63) is 35.9 Å². The van der Waals surface area contributed by atoms with E-state index in [1.807, 2.05) is 33.8 Å². The van der Waals surface area contributed by atoms with Gasteiger partial charge in [0.05, 0.1) is 6.42 Å². The van der Waals surface area contributed by atoms with E-state index in [0.717, 1.165) is 5.56 Å². The standard InChI is InChI=1S/C27H41N4O8P/c1-17(2)11-20(24(33)29-21(12-18(3)4)25(34)28-5)15-40(37,38)16-31-23(32)13-22(26(31)35)30-27(36)39-14-19-9-7-6-8-10-19/h6-10,17-18,20-22H,11-16H2,1-5H3,(H,28,34)(H,29,33)(H,30,36)(H,37,38)/t20?,21-,22-/m0/s1. The van der Waals surface area contributed by atoms with Crippen molar-refractivity contribution < 1.29 is 38.2 Å². The molecule has 0 aromatic heterocycles.